The van der Waals surface area contributed by atoms with Gasteiger partial charge in [-0.1, -0.05) is 57.3 Å². The fourth-order valence-electron chi connectivity index (χ4n) is 3.56. The van der Waals surface area contributed by atoms with Crippen molar-refractivity contribution in [1.82, 2.24) is 14.3 Å². The van der Waals surface area contributed by atoms with Gasteiger partial charge in [0.25, 0.3) is 0 Å². The zero-order chi connectivity index (χ0) is 25.3. The number of benzene rings is 3. The quantitative estimate of drug-likeness (QED) is 0.284. The maximum absolute atomic E-state index is 13.1. The Kier molecular flexibility index (Phi) is 7.42. The molecule has 1 unspecified atom stereocenters. The number of alkyl halides is 3. The van der Waals surface area contributed by atoms with Crippen LogP contribution >= 0.6 is 39.1 Å². The van der Waals surface area contributed by atoms with Crippen molar-refractivity contribution in [3.8, 4) is 22.5 Å². The minimum Gasteiger partial charge on any atom is -0.382 e. The monoisotopic (exact) mass is 585 g/mol. The van der Waals surface area contributed by atoms with Crippen molar-refractivity contribution < 1.29 is 18.3 Å². The summed E-state index contributed by atoms with van der Waals surface area (Å²) in [5, 5.41) is 14.9. The van der Waals surface area contributed by atoms with Crippen LogP contribution < -0.4 is 5.69 Å². The molecule has 0 fully saturated rings. The predicted octanol–water partition coefficient (Wildman–Crippen LogP) is 6.42. The molecule has 4 aromatic rings. The highest BCUT2D eigenvalue weighted by Gasteiger charge is 2.39. The van der Waals surface area contributed by atoms with Crippen molar-refractivity contribution in [3.05, 3.63) is 97.3 Å². The van der Waals surface area contributed by atoms with E-state index in [1.54, 1.807) is 24.3 Å². The molecule has 0 aliphatic rings. The van der Waals surface area contributed by atoms with E-state index in [1.807, 2.05) is 30.3 Å². The van der Waals surface area contributed by atoms with Gasteiger partial charge in [-0.15, -0.1) is 5.10 Å². The second kappa shape index (κ2) is 10.2. The van der Waals surface area contributed by atoms with E-state index in [-0.39, 0.29) is 12.4 Å². The Morgan fingerprint density at radius 1 is 1.00 bits per heavy atom. The average Bonchev–Trinajstić information content (AvgIpc) is 3.08. The molecule has 0 bridgehead atoms. The highest BCUT2D eigenvalue weighted by Crippen LogP contribution is 2.31. The minimum absolute atomic E-state index is 0.0173. The third-order valence-corrected chi connectivity index (χ3v) is 6.27. The molecule has 1 aromatic heterocycles. The molecular weight excluding hydrogens is 570 g/mol. The summed E-state index contributed by atoms with van der Waals surface area (Å²) >= 11 is 15.7. The second-order valence-corrected chi connectivity index (χ2v) is 9.53. The molecule has 5 nitrogen and oxygen atoms in total. The van der Waals surface area contributed by atoms with Gasteiger partial charge < -0.3 is 5.11 Å². The SMILES string of the molecule is O=c1n(Cc2cc(Br)cc(-c3ccccc3Cl)c2)nc(-c2ccc(Cl)cc2)n1CC(O)C(F)(F)F. The van der Waals surface area contributed by atoms with Gasteiger partial charge >= 0.3 is 11.9 Å². The zero-order valence-corrected chi connectivity index (χ0v) is 20.9. The van der Waals surface area contributed by atoms with E-state index in [9.17, 15) is 23.1 Å². The molecule has 0 aliphatic heterocycles. The molecule has 1 N–H and O–H groups in total. The van der Waals surface area contributed by atoms with Gasteiger partial charge in [-0.05, 0) is 59.7 Å². The van der Waals surface area contributed by atoms with Crippen molar-refractivity contribution in [2.75, 3.05) is 0 Å². The molecule has 1 atom stereocenters. The molecule has 182 valence electrons. The Bertz CT molecular complexity index is 1420. The Balaban J connectivity index is 1.77. The number of nitrogens with zero attached hydrogens (tertiary/aromatic N) is 3. The third kappa shape index (κ3) is 5.81. The second-order valence-electron chi connectivity index (χ2n) is 7.77. The number of aliphatic hydroxyl groups excluding tert-OH is 1. The molecule has 0 radical (unpaired) electrons. The highest BCUT2D eigenvalue weighted by atomic mass is 79.9. The number of aliphatic hydroxyl groups is 1. The normalized spacial score (nSPS) is 12.7. The summed E-state index contributed by atoms with van der Waals surface area (Å²) < 4.78 is 41.8. The predicted molar refractivity (Wildman–Crippen MR) is 133 cm³/mol. The van der Waals surface area contributed by atoms with E-state index in [0.29, 0.717) is 21.2 Å². The zero-order valence-electron chi connectivity index (χ0n) is 17.8. The topological polar surface area (TPSA) is 60.0 Å². The molecular formula is C24H17BrCl2F3N3O2. The molecule has 3 aromatic carbocycles. The van der Waals surface area contributed by atoms with Crippen molar-refractivity contribution in [2.24, 2.45) is 0 Å². The van der Waals surface area contributed by atoms with Crippen LogP contribution in [0.5, 0.6) is 0 Å². The number of rotatable bonds is 6. The summed E-state index contributed by atoms with van der Waals surface area (Å²) in [5.41, 5.74) is 1.82. The van der Waals surface area contributed by atoms with Gasteiger partial charge in [-0.25, -0.2) is 9.48 Å². The Hall–Kier alpha value is -2.59. The number of hydrogen-bond acceptors (Lipinski definition) is 3. The third-order valence-electron chi connectivity index (χ3n) is 5.23. The molecule has 0 saturated carbocycles. The average molecular weight is 587 g/mol. The van der Waals surface area contributed by atoms with E-state index >= 15 is 0 Å². The van der Waals surface area contributed by atoms with E-state index < -0.39 is 24.5 Å². The van der Waals surface area contributed by atoms with Crippen LogP contribution in [-0.4, -0.2) is 31.7 Å². The van der Waals surface area contributed by atoms with Gasteiger partial charge in [0.05, 0.1) is 13.1 Å². The van der Waals surface area contributed by atoms with Crippen molar-refractivity contribution in [1.29, 1.82) is 0 Å². The Morgan fingerprint density at radius 3 is 2.34 bits per heavy atom. The van der Waals surface area contributed by atoms with Gasteiger partial charge in [0.1, 0.15) is 0 Å². The highest BCUT2D eigenvalue weighted by molar-refractivity contribution is 9.10. The Morgan fingerprint density at radius 2 is 1.69 bits per heavy atom. The molecule has 4 rings (SSSR count). The lowest BCUT2D eigenvalue weighted by Crippen LogP contribution is -2.37. The first-order chi connectivity index (χ1) is 16.5. The van der Waals surface area contributed by atoms with Gasteiger partial charge in [-0.2, -0.15) is 13.2 Å². The van der Waals surface area contributed by atoms with E-state index in [2.05, 4.69) is 21.0 Å². The van der Waals surface area contributed by atoms with Gasteiger partial charge in [0.15, 0.2) is 11.9 Å². The summed E-state index contributed by atoms with van der Waals surface area (Å²) in [6, 6.07) is 18.9. The van der Waals surface area contributed by atoms with Crippen LogP contribution in [0.2, 0.25) is 10.0 Å². The first-order valence-electron chi connectivity index (χ1n) is 10.3. The number of hydrogen-bond donors (Lipinski definition) is 1. The van der Waals surface area contributed by atoms with E-state index in [4.69, 9.17) is 23.2 Å². The fraction of sp³-hybridized carbons (Fsp3) is 0.167. The Labute approximate surface area is 216 Å². The van der Waals surface area contributed by atoms with Crippen LogP contribution in [-0.2, 0) is 13.1 Å². The lowest BCUT2D eigenvalue weighted by molar-refractivity contribution is -0.207. The fourth-order valence-corrected chi connectivity index (χ4v) is 4.47. The van der Waals surface area contributed by atoms with Crippen LogP contribution in [0.3, 0.4) is 0 Å². The van der Waals surface area contributed by atoms with Crippen LogP contribution in [0.4, 0.5) is 13.2 Å². The lowest BCUT2D eigenvalue weighted by atomic mass is 10.0. The maximum atomic E-state index is 13.1. The minimum atomic E-state index is -4.90. The van der Waals surface area contributed by atoms with Crippen molar-refractivity contribution in [3.63, 3.8) is 0 Å². The van der Waals surface area contributed by atoms with Crippen LogP contribution in [0.15, 0.2) is 76.0 Å². The van der Waals surface area contributed by atoms with Gasteiger partial charge in [0.2, 0.25) is 0 Å². The number of halogens is 6. The largest absolute Gasteiger partial charge is 0.416 e. The lowest BCUT2D eigenvalue weighted by Gasteiger charge is -2.15. The summed E-state index contributed by atoms with van der Waals surface area (Å²) in [4.78, 5) is 13.1. The molecule has 11 heteroatoms. The summed E-state index contributed by atoms with van der Waals surface area (Å²) in [6.07, 6.45) is -7.63. The molecule has 0 aliphatic carbocycles. The van der Waals surface area contributed by atoms with Gasteiger partial charge in [0, 0.05) is 25.6 Å². The smallest absolute Gasteiger partial charge is 0.382 e. The summed E-state index contributed by atoms with van der Waals surface area (Å²) in [5.74, 6) is -0.0173. The van der Waals surface area contributed by atoms with Crippen LogP contribution in [0.25, 0.3) is 22.5 Å². The van der Waals surface area contributed by atoms with Crippen LogP contribution in [0, 0.1) is 0 Å². The first-order valence-corrected chi connectivity index (χ1v) is 11.8. The standard InChI is InChI=1S/C24H17BrCl2F3N3O2/c25-17-10-14(9-16(11-17)19-3-1-2-4-20(19)27)12-33-23(35)32(13-21(34)24(28,29)30)22(31-33)15-5-7-18(26)8-6-15/h1-11,21,34H,12-13H2. The van der Waals surface area contributed by atoms with Crippen molar-refractivity contribution >= 4 is 39.1 Å². The van der Waals surface area contributed by atoms with E-state index in [0.717, 1.165) is 24.8 Å². The number of aromatic nitrogens is 3. The molecule has 1 heterocycles. The molecule has 0 spiro atoms. The molecule has 0 amide bonds. The van der Waals surface area contributed by atoms with Crippen LogP contribution in [0.1, 0.15) is 5.56 Å². The van der Waals surface area contributed by atoms with E-state index in [1.165, 1.54) is 12.1 Å². The van der Waals surface area contributed by atoms with Gasteiger partial charge in [-0.3, -0.25) is 4.57 Å². The van der Waals surface area contributed by atoms with Crippen molar-refractivity contribution in [2.45, 2.75) is 25.4 Å². The summed E-state index contributed by atoms with van der Waals surface area (Å²) in [6.45, 7) is -1.02. The molecule has 0 saturated heterocycles. The maximum Gasteiger partial charge on any atom is 0.416 e. The first kappa shape index (κ1) is 25.5. The molecule has 35 heavy (non-hydrogen) atoms. The summed E-state index contributed by atoms with van der Waals surface area (Å²) in [7, 11) is 0.